The Hall–Kier alpha value is -4.96. The van der Waals surface area contributed by atoms with Gasteiger partial charge in [-0.2, -0.15) is 0 Å². The van der Waals surface area contributed by atoms with Gasteiger partial charge in [-0.3, -0.25) is 4.40 Å². The Labute approximate surface area is 244 Å². The van der Waals surface area contributed by atoms with E-state index in [0.29, 0.717) is 11.8 Å². The van der Waals surface area contributed by atoms with E-state index in [-0.39, 0.29) is 0 Å². The molecule has 0 spiro atoms. The normalized spacial score (nSPS) is 12.2. The minimum atomic E-state index is 0.399. The fourth-order valence-electron chi connectivity index (χ4n) is 6.31. The Morgan fingerprint density at radius 3 is 2.00 bits per heavy atom. The van der Waals surface area contributed by atoms with E-state index in [1.807, 2.05) is 0 Å². The van der Waals surface area contributed by atoms with Gasteiger partial charge in [0, 0.05) is 32.7 Å². The van der Waals surface area contributed by atoms with Gasteiger partial charge in [-0.05, 0) is 64.2 Å². The molecule has 0 aliphatic rings. The van der Waals surface area contributed by atoms with Gasteiger partial charge in [-0.25, -0.2) is 0 Å². The topological polar surface area (TPSA) is 43.3 Å². The summed E-state index contributed by atoms with van der Waals surface area (Å²) < 4.78 is 8.72. The van der Waals surface area contributed by atoms with Crippen LogP contribution in [0.2, 0.25) is 0 Å². The summed E-state index contributed by atoms with van der Waals surface area (Å²) in [5.74, 6) is 1.70. The van der Waals surface area contributed by atoms with Crippen molar-refractivity contribution in [3.63, 3.8) is 0 Å². The van der Waals surface area contributed by atoms with Gasteiger partial charge >= 0.3 is 0 Å². The second-order valence-corrected chi connectivity index (χ2v) is 11.9. The third-order valence-corrected chi connectivity index (χ3v) is 8.67. The molecule has 42 heavy (non-hydrogen) atoms. The highest BCUT2D eigenvalue weighted by atomic mass is 16.3. The number of aromatic nitrogens is 3. The summed E-state index contributed by atoms with van der Waals surface area (Å²) in [7, 11) is 0. The summed E-state index contributed by atoms with van der Waals surface area (Å²) in [5, 5.41) is 15.2. The van der Waals surface area contributed by atoms with Gasteiger partial charge < -0.3 is 4.42 Å². The van der Waals surface area contributed by atoms with Crippen molar-refractivity contribution in [2.45, 2.75) is 39.5 Å². The van der Waals surface area contributed by atoms with Crippen molar-refractivity contribution < 1.29 is 4.42 Å². The van der Waals surface area contributed by atoms with E-state index in [9.17, 15) is 0 Å². The molecule has 3 aromatic heterocycles. The first-order chi connectivity index (χ1) is 20.5. The second-order valence-electron chi connectivity index (χ2n) is 11.9. The Balaban J connectivity index is 1.31. The number of pyridine rings is 1. The highest BCUT2D eigenvalue weighted by Crippen LogP contribution is 2.40. The summed E-state index contributed by atoms with van der Waals surface area (Å²) >= 11 is 0. The third kappa shape index (κ3) is 3.68. The summed E-state index contributed by atoms with van der Waals surface area (Å²) in [5.41, 5.74) is 9.74. The van der Waals surface area contributed by atoms with Crippen LogP contribution in [0.1, 0.15) is 50.7 Å². The molecule has 0 bridgehead atoms. The molecule has 0 radical (unpaired) electrons. The van der Waals surface area contributed by atoms with Crippen molar-refractivity contribution in [3.8, 4) is 22.5 Å². The van der Waals surface area contributed by atoms with Crippen LogP contribution in [0, 0.1) is 0 Å². The molecule has 0 atom stereocenters. The number of furan rings is 1. The van der Waals surface area contributed by atoms with Gasteiger partial charge in [-0.1, -0.05) is 100 Å². The monoisotopic (exact) mass is 545 g/mol. The number of hydrogen-bond acceptors (Lipinski definition) is 3. The summed E-state index contributed by atoms with van der Waals surface area (Å²) in [4.78, 5) is 0. The van der Waals surface area contributed by atoms with Crippen molar-refractivity contribution in [3.05, 3.63) is 114 Å². The first kappa shape index (κ1) is 24.8. The van der Waals surface area contributed by atoms with Crippen molar-refractivity contribution in [1.82, 2.24) is 14.6 Å². The fraction of sp³-hybridized carbons (Fsp3) is 0.158. The molecule has 0 unspecified atom stereocenters. The van der Waals surface area contributed by atoms with Gasteiger partial charge in [0.25, 0.3) is 0 Å². The van der Waals surface area contributed by atoms with E-state index >= 15 is 0 Å². The lowest BCUT2D eigenvalue weighted by atomic mass is 9.93. The lowest BCUT2D eigenvalue weighted by molar-refractivity contribution is 0.669. The maximum Gasteiger partial charge on any atom is 0.169 e. The molecule has 4 heteroatoms. The fourth-order valence-corrected chi connectivity index (χ4v) is 6.31. The van der Waals surface area contributed by atoms with Gasteiger partial charge in [0.15, 0.2) is 11.5 Å². The lowest BCUT2D eigenvalue weighted by Crippen LogP contribution is -1.94. The standard InChI is InChI=1S/C38H31N3O/c1-22(2)26-17-18-35-32(19-26)33-21-27(23(3)4)20-31(36(33)42-35)24-13-15-25(16-14-24)37-39-40-38-30-11-6-5-9-28(30)29-10-7-8-12-34(29)41(37)38/h5-23H,1-4H3. The number of para-hydroxylation sites is 1. The largest absolute Gasteiger partial charge is 0.455 e. The molecule has 8 rings (SSSR count). The van der Waals surface area contributed by atoms with Crippen LogP contribution >= 0.6 is 0 Å². The Bertz CT molecular complexity index is 2300. The molecule has 8 aromatic rings. The van der Waals surface area contributed by atoms with Gasteiger partial charge in [0.05, 0.1) is 5.52 Å². The number of nitrogens with zero attached hydrogens (tertiary/aromatic N) is 3. The maximum atomic E-state index is 6.53. The average Bonchev–Trinajstić information content (AvgIpc) is 3.63. The molecule has 0 saturated heterocycles. The van der Waals surface area contributed by atoms with E-state index in [1.165, 1.54) is 32.7 Å². The highest BCUT2D eigenvalue weighted by molar-refractivity contribution is 6.12. The maximum absolute atomic E-state index is 6.53. The average molecular weight is 546 g/mol. The van der Waals surface area contributed by atoms with Crippen molar-refractivity contribution in [1.29, 1.82) is 0 Å². The van der Waals surface area contributed by atoms with Gasteiger partial charge in [-0.15, -0.1) is 10.2 Å². The molecule has 3 heterocycles. The third-order valence-electron chi connectivity index (χ3n) is 8.67. The Kier molecular flexibility index (Phi) is 5.48. The molecule has 0 amide bonds. The molecule has 4 nitrogen and oxygen atoms in total. The predicted molar refractivity (Wildman–Crippen MR) is 174 cm³/mol. The van der Waals surface area contributed by atoms with Crippen LogP contribution in [0.4, 0.5) is 0 Å². The molecular formula is C38H31N3O. The van der Waals surface area contributed by atoms with E-state index < -0.39 is 0 Å². The van der Waals surface area contributed by atoms with Crippen molar-refractivity contribution >= 4 is 49.3 Å². The molecule has 0 fully saturated rings. The zero-order chi connectivity index (χ0) is 28.5. The van der Waals surface area contributed by atoms with E-state index in [4.69, 9.17) is 9.52 Å². The van der Waals surface area contributed by atoms with Crippen LogP contribution < -0.4 is 0 Å². The van der Waals surface area contributed by atoms with E-state index in [0.717, 1.165) is 50.2 Å². The number of hydrogen-bond donors (Lipinski definition) is 0. The minimum absolute atomic E-state index is 0.399. The first-order valence-corrected chi connectivity index (χ1v) is 14.7. The predicted octanol–water partition coefficient (Wildman–Crippen LogP) is 10.5. The Morgan fingerprint density at radius 2 is 1.24 bits per heavy atom. The molecule has 0 aliphatic heterocycles. The smallest absolute Gasteiger partial charge is 0.169 e. The van der Waals surface area contributed by atoms with Crippen molar-refractivity contribution in [2.24, 2.45) is 0 Å². The number of fused-ring (bicyclic) bond motifs is 9. The van der Waals surface area contributed by atoms with E-state index in [1.54, 1.807) is 0 Å². The quantitative estimate of drug-likeness (QED) is 0.207. The molecule has 0 aliphatic carbocycles. The van der Waals surface area contributed by atoms with Crippen LogP contribution in [0.25, 0.3) is 71.8 Å². The first-order valence-electron chi connectivity index (χ1n) is 14.7. The molecular weight excluding hydrogens is 514 g/mol. The van der Waals surface area contributed by atoms with Crippen LogP contribution in [-0.4, -0.2) is 14.6 Å². The van der Waals surface area contributed by atoms with Crippen molar-refractivity contribution in [2.75, 3.05) is 0 Å². The van der Waals surface area contributed by atoms with Gasteiger partial charge in [0.2, 0.25) is 0 Å². The highest BCUT2D eigenvalue weighted by Gasteiger charge is 2.18. The summed E-state index contributed by atoms with van der Waals surface area (Å²) in [6, 6.07) is 36.8. The Morgan fingerprint density at radius 1 is 0.571 bits per heavy atom. The lowest BCUT2D eigenvalue weighted by Gasteiger charge is -2.11. The molecule has 0 saturated carbocycles. The van der Waals surface area contributed by atoms with Crippen LogP contribution in [0.3, 0.4) is 0 Å². The van der Waals surface area contributed by atoms with Crippen LogP contribution in [0.15, 0.2) is 108 Å². The summed E-state index contributed by atoms with van der Waals surface area (Å²) in [6.07, 6.45) is 0. The van der Waals surface area contributed by atoms with Crippen LogP contribution in [-0.2, 0) is 0 Å². The minimum Gasteiger partial charge on any atom is -0.455 e. The summed E-state index contributed by atoms with van der Waals surface area (Å²) in [6.45, 7) is 8.97. The molecule has 0 N–H and O–H groups in total. The molecule has 5 aromatic carbocycles. The SMILES string of the molecule is CC(C)c1ccc2oc3c(-c4ccc(-c5nnc6c7ccccc7c7ccccc7n56)cc4)cc(C(C)C)cc3c2c1. The molecule has 204 valence electrons. The zero-order valence-electron chi connectivity index (χ0n) is 24.2. The zero-order valence-corrected chi connectivity index (χ0v) is 24.2. The second kappa shape index (κ2) is 9.28. The van der Waals surface area contributed by atoms with Gasteiger partial charge in [0.1, 0.15) is 11.2 Å². The number of benzene rings is 5. The number of rotatable bonds is 4. The van der Waals surface area contributed by atoms with E-state index in [2.05, 4.69) is 140 Å². The van der Waals surface area contributed by atoms with Crippen LogP contribution in [0.5, 0.6) is 0 Å².